The fourth-order valence-corrected chi connectivity index (χ4v) is 0.871. The summed E-state index contributed by atoms with van der Waals surface area (Å²) < 4.78 is 4.71. The first-order valence-electron chi connectivity index (χ1n) is 4.10. The van der Waals surface area contributed by atoms with E-state index in [1.807, 2.05) is 13.8 Å². The third-order valence-corrected chi connectivity index (χ3v) is 1.75. The van der Waals surface area contributed by atoms with Crippen molar-refractivity contribution < 1.29 is 9.53 Å². The number of anilines is 1. The maximum absolute atomic E-state index is 11.0. The lowest BCUT2D eigenvalue weighted by molar-refractivity contribution is 0.168. The number of nitrogens with zero attached hydrogens (tertiary/aromatic N) is 1. The number of carbonyl (C=O) groups is 1. The molecule has 13 heavy (non-hydrogen) atoms. The number of amides is 1. The second kappa shape index (κ2) is 3.93. The number of H-pyrrole nitrogens is 1. The number of rotatable bonds is 2. The summed E-state index contributed by atoms with van der Waals surface area (Å²) in [5, 5.41) is 9.19. The summed E-state index contributed by atoms with van der Waals surface area (Å²) in [5.41, 5.74) is 1.86. The molecule has 5 nitrogen and oxygen atoms in total. The molecule has 0 unspecified atom stereocenters. The van der Waals surface area contributed by atoms with Crippen LogP contribution in [0.3, 0.4) is 0 Å². The lowest BCUT2D eigenvalue weighted by atomic mass is 10.3. The highest BCUT2D eigenvalue weighted by Gasteiger charge is 2.08. The third-order valence-electron chi connectivity index (χ3n) is 1.75. The quantitative estimate of drug-likeness (QED) is 0.731. The Balaban J connectivity index is 2.64. The van der Waals surface area contributed by atoms with E-state index >= 15 is 0 Å². The summed E-state index contributed by atoms with van der Waals surface area (Å²) in [5.74, 6) is 0.524. The fourth-order valence-electron chi connectivity index (χ4n) is 0.871. The van der Waals surface area contributed by atoms with Crippen LogP contribution in [-0.2, 0) is 4.74 Å². The standard InChI is InChI=1S/C8H13N3O2/c1-4-13-8(12)9-7-5(2)6(3)10-11-7/h4H2,1-3H3,(H2,9,10,11,12). The highest BCUT2D eigenvalue weighted by Crippen LogP contribution is 2.13. The second-order valence-corrected chi connectivity index (χ2v) is 2.67. The number of carbonyl (C=O) groups excluding carboxylic acids is 1. The van der Waals surface area contributed by atoms with E-state index in [4.69, 9.17) is 4.74 Å². The summed E-state index contributed by atoms with van der Waals surface area (Å²) in [7, 11) is 0. The molecule has 72 valence electrons. The molecule has 0 radical (unpaired) electrons. The van der Waals surface area contributed by atoms with Gasteiger partial charge in [0.1, 0.15) is 0 Å². The largest absolute Gasteiger partial charge is 0.450 e. The SMILES string of the molecule is CCOC(=O)Nc1n[nH]c(C)c1C. The molecular weight excluding hydrogens is 170 g/mol. The molecule has 0 spiro atoms. The molecule has 0 aromatic carbocycles. The van der Waals surface area contributed by atoms with Crippen molar-refractivity contribution in [1.29, 1.82) is 0 Å². The molecule has 0 bridgehead atoms. The lowest BCUT2D eigenvalue weighted by Gasteiger charge is -2.02. The average molecular weight is 183 g/mol. The maximum Gasteiger partial charge on any atom is 0.412 e. The Kier molecular flexibility index (Phi) is 2.89. The Hall–Kier alpha value is -1.52. The molecule has 1 heterocycles. The van der Waals surface area contributed by atoms with Crippen LogP contribution in [0.25, 0.3) is 0 Å². The van der Waals surface area contributed by atoms with E-state index in [-0.39, 0.29) is 0 Å². The van der Waals surface area contributed by atoms with E-state index in [0.29, 0.717) is 12.4 Å². The van der Waals surface area contributed by atoms with Gasteiger partial charge in [-0.15, -0.1) is 0 Å². The van der Waals surface area contributed by atoms with Crippen LogP contribution >= 0.6 is 0 Å². The van der Waals surface area contributed by atoms with E-state index < -0.39 is 6.09 Å². The van der Waals surface area contributed by atoms with Crippen molar-refractivity contribution in [3.8, 4) is 0 Å². The number of aromatic amines is 1. The van der Waals surface area contributed by atoms with Crippen molar-refractivity contribution in [3.63, 3.8) is 0 Å². The van der Waals surface area contributed by atoms with Gasteiger partial charge in [-0.1, -0.05) is 0 Å². The normalized spacial score (nSPS) is 9.77. The molecule has 0 saturated carbocycles. The van der Waals surface area contributed by atoms with E-state index in [9.17, 15) is 4.79 Å². The van der Waals surface area contributed by atoms with Crippen molar-refractivity contribution in [3.05, 3.63) is 11.3 Å². The van der Waals surface area contributed by atoms with Crippen LogP contribution in [-0.4, -0.2) is 22.9 Å². The first-order chi connectivity index (χ1) is 6.15. The van der Waals surface area contributed by atoms with E-state index in [1.54, 1.807) is 6.92 Å². The Bertz CT molecular complexity index is 306. The summed E-state index contributed by atoms with van der Waals surface area (Å²) in [6.07, 6.45) is -0.475. The molecule has 1 rings (SSSR count). The van der Waals surface area contributed by atoms with Gasteiger partial charge >= 0.3 is 6.09 Å². The third kappa shape index (κ3) is 2.21. The van der Waals surface area contributed by atoms with Crippen LogP contribution < -0.4 is 5.32 Å². The van der Waals surface area contributed by atoms with Crippen LogP contribution in [0.2, 0.25) is 0 Å². The van der Waals surface area contributed by atoms with Crippen molar-refractivity contribution in [2.24, 2.45) is 0 Å². The van der Waals surface area contributed by atoms with Gasteiger partial charge in [-0.05, 0) is 20.8 Å². The monoisotopic (exact) mass is 183 g/mol. The van der Waals surface area contributed by atoms with Crippen molar-refractivity contribution in [2.45, 2.75) is 20.8 Å². The predicted molar refractivity (Wildman–Crippen MR) is 48.7 cm³/mol. The average Bonchev–Trinajstić information content (AvgIpc) is 2.37. The maximum atomic E-state index is 11.0. The van der Waals surface area contributed by atoms with E-state index in [1.165, 1.54) is 0 Å². The van der Waals surface area contributed by atoms with Gasteiger partial charge in [-0.3, -0.25) is 10.4 Å². The van der Waals surface area contributed by atoms with Gasteiger partial charge in [0.2, 0.25) is 0 Å². The molecule has 0 fully saturated rings. The minimum Gasteiger partial charge on any atom is -0.450 e. The molecular formula is C8H13N3O2. The first kappa shape index (κ1) is 9.57. The molecule has 1 aromatic rings. The van der Waals surface area contributed by atoms with Crippen LogP contribution in [0.1, 0.15) is 18.2 Å². The van der Waals surface area contributed by atoms with Gasteiger partial charge in [0.25, 0.3) is 0 Å². The van der Waals surface area contributed by atoms with Gasteiger partial charge in [-0.25, -0.2) is 4.79 Å². The number of ether oxygens (including phenoxy) is 1. The number of aromatic nitrogens is 2. The van der Waals surface area contributed by atoms with Gasteiger partial charge in [0.05, 0.1) is 6.61 Å². The molecule has 2 N–H and O–H groups in total. The molecule has 0 atom stereocenters. The number of hydrogen-bond donors (Lipinski definition) is 2. The Morgan fingerprint density at radius 2 is 2.31 bits per heavy atom. The zero-order valence-corrected chi connectivity index (χ0v) is 7.97. The van der Waals surface area contributed by atoms with E-state index in [0.717, 1.165) is 11.3 Å². The molecule has 5 heteroatoms. The van der Waals surface area contributed by atoms with Crippen LogP contribution in [0.5, 0.6) is 0 Å². The van der Waals surface area contributed by atoms with Gasteiger partial charge in [0.15, 0.2) is 5.82 Å². The molecule has 1 amide bonds. The number of hydrogen-bond acceptors (Lipinski definition) is 3. The highest BCUT2D eigenvalue weighted by atomic mass is 16.5. The Morgan fingerprint density at radius 3 is 2.77 bits per heavy atom. The molecule has 0 saturated heterocycles. The minimum absolute atomic E-state index is 0.355. The summed E-state index contributed by atoms with van der Waals surface area (Å²) in [6, 6.07) is 0. The predicted octanol–water partition coefficient (Wildman–Crippen LogP) is 1.59. The van der Waals surface area contributed by atoms with Crippen LogP contribution in [0, 0.1) is 13.8 Å². The Morgan fingerprint density at radius 1 is 1.62 bits per heavy atom. The fraction of sp³-hybridized carbons (Fsp3) is 0.500. The van der Waals surface area contributed by atoms with Gasteiger partial charge in [0, 0.05) is 11.3 Å². The topological polar surface area (TPSA) is 67.0 Å². The smallest absolute Gasteiger partial charge is 0.412 e. The molecule has 1 aromatic heterocycles. The summed E-state index contributed by atoms with van der Waals surface area (Å²) in [4.78, 5) is 11.0. The highest BCUT2D eigenvalue weighted by molar-refractivity contribution is 5.84. The summed E-state index contributed by atoms with van der Waals surface area (Å²) in [6.45, 7) is 5.87. The van der Waals surface area contributed by atoms with E-state index in [2.05, 4.69) is 15.5 Å². The van der Waals surface area contributed by atoms with Gasteiger partial charge in [-0.2, -0.15) is 5.10 Å². The van der Waals surface area contributed by atoms with Crippen molar-refractivity contribution in [2.75, 3.05) is 11.9 Å². The molecule has 0 aliphatic carbocycles. The van der Waals surface area contributed by atoms with Crippen molar-refractivity contribution >= 4 is 11.9 Å². The zero-order chi connectivity index (χ0) is 9.84. The molecule has 0 aliphatic heterocycles. The van der Waals surface area contributed by atoms with Crippen LogP contribution in [0.15, 0.2) is 0 Å². The van der Waals surface area contributed by atoms with Crippen LogP contribution in [0.4, 0.5) is 10.6 Å². The van der Waals surface area contributed by atoms with Gasteiger partial charge < -0.3 is 4.74 Å². The summed E-state index contributed by atoms with van der Waals surface area (Å²) >= 11 is 0. The lowest BCUT2D eigenvalue weighted by Crippen LogP contribution is -2.14. The number of nitrogens with one attached hydrogen (secondary N) is 2. The van der Waals surface area contributed by atoms with Crippen molar-refractivity contribution in [1.82, 2.24) is 10.2 Å². The second-order valence-electron chi connectivity index (χ2n) is 2.67. The Labute approximate surface area is 76.5 Å². The first-order valence-corrected chi connectivity index (χ1v) is 4.10. The zero-order valence-electron chi connectivity index (χ0n) is 7.97. The molecule has 0 aliphatic rings. The number of aryl methyl sites for hydroxylation is 1. The minimum atomic E-state index is -0.475.